The van der Waals surface area contributed by atoms with Gasteiger partial charge in [0.1, 0.15) is 6.04 Å². The van der Waals surface area contributed by atoms with E-state index in [9.17, 15) is 4.79 Å². The predicted octanol–water partition coefficient (Wildman–Crippen LogP) is 2.71. The number of carbonyl (C=O) groups excluding carboxylic acids is 1. The molecule has 1 aromatic carbocycles. The summed E-state index contributed by atoms with van der Waals surface area (Å²) in [5.74, 6) is 0.107. The molecule has 1 aliphatic rings. The molecule has 2 N–H and O–H groups in total. The fraction of sp³-hybridized carbons (Fsp3) is 0.312. The van der Waals surface area contributed by atoms with E-state index in [0.717, 1.165) is 15.8 Å². The van der Waals surface area contributed by atoms with E-state index in [1.54, 1.807) is 11.3 Å². The topological polar surface area (TPSA) is 33.5 Å². The molecule has 0 spiro atoms. The molecule has 2 aromatic rings. The number of nitrogens with one attached hydrogen (secondary N) is 2. The summed E-state index contributed by atoms with van der Waals surface area (Å²) >= 11 is 4.06. The third-order valence-corrected chi connectivity index (χ3v) is 5.52. The maximum atomic E-state index is 12.3. The fourth-order valence-corrected chi connectivity index (χ4v) is 4.40. The van der Waals surface area contributed by atoms with Crippen LogP contribution in [0, 0.1) is 3.57 Å². The van der Waals surface area contributed by atoms with Gasteiger partial charge in [-0.05, 0) is 52.2 Å². The van der Waals surface area contributed by atoms with E-state index in [-0.39, 0.29) is 5.91 Å². The molecule has 1 aliphatic heterocycles. The Hall–Kier alpha value is -0.920. The molecule has 110 valence electrons. The normalized spacial score (nSPS) is 21.4. The van der Waals surface area contributed by atoms with Crippen LogP contribution in [0.25, 0.3) is 0 Å². The van der Waals surface area contributed by atoms with E-state index in [2.05, 4.69) is 45.4 Å². The van der Waals surface area contributed by atoms with E-state index < -0.39 is 0 Å². The molecule has 3 rings (SSSR count). The lowest BCUT2D eigenvalue weighted by atomic mass is 10.2. The van der Waals surface area contributed by atoms with Gasteiger partial charge in [-0.15, -0.1) is 11.3 Å². The molecule has 0 bridgehead atoms. The minimum atomic E-state index is 0.107. The third kappa shape index (κ3) is 3.84. The summed E-state index contributed by atoms with van der Waals surface area (Å²) in [6.07, 6.45) is 2.39. The second-order valence-electron chi connectivity index (χ2n) is 5.35. The maximum Gasteiger partial charge on any atom is 0.279 e. The molecule has 0 saturated carbocycles. The van der Waals surface area contributed by atoms with Crippen molar-refractivity contribution in [2.75, 3.05) is 18.4 Å². The molecule has 1 saturated heterocycles. The van der Waals surface area contributed by atoms with Gasteiger partial charge in [0.15, 0.2) is 6.54 Å². The molecule has 1 aromatic heterocycles. The Kier molecular flexibility index (Phi) is 4.92. The molecule has 0 radical (unpaired) electrons. The number of benzene rings is 1. The second-order valence-corrected chi connectivity index (χ2v) is 7.58. The molecule has 2 atom stereocenters. The number of carbonyl (C=O) groups is 1. The summed E-state index contributed by atoms with van der Waals surface area (Å²) in [6.45, 7) is 1.64. The highest BCUT2D eigenvalue weighted by molar-refractivity contribution is 14.1. The summed E-state index contributed by atoms with van der Waals surface area (Å²) in [7, 11) is 0. The van der Waals surface area contributed by atoms with Crippen molar-refractivity contribution in [2.24, 2.45) is 0 Å². The SMILES string of the molecule is O=C(C[NH+]1CCC[C@H]1c1cccs1)Nc1cccc(I)c1. The Bertz CT molecular complexity index is 614. The molecule has 1 unspecified atom stereocenters. The van der Waals surface area contributed by atoms with Gasteiger partial charge in [-0.3, -0.25) is 4.79 Å². The van der Waals surface area contributed by atoms with Gasteiger partial charge in [-0.25, -0.2) is 0 Å². The van der Waals surface area contributed by atoms with Gasteiger partial charge >= 0.3 is 0 Å². The van der Waals surface area contributed by atoms with E-state index in [0.29, 0.717) is 12.6 Å². The van der Waals surface area contributed by atoms with Crippen molar-refractivity contribution in [2.45, 2.75) is 18.9 Å². The number of thiophene rings is 1. The molecule has 1 amide bonds. The highest BCUT2D eigenvalue weighted by Crippen LogP contribution is 2.23. The molecule has 2 heterocycles. The number of halogens is 1. The molecular weight excluding hydrogens is 395 g/mol. The summed E-state index contributed by atoms with van der Waals surface area (Å²) in [5, 5.41) is 5.14. The Labute approximate surface area is 142 Å². The highest BCUT2D eigenvalue weighted by Gasteiger charge is 2.32. The molecule has 3 nitrogen and oxygen atoms in total. The molecule has 0 aliphatic carbocycles. The van der Waals surface area contributed by atoms with E-state index in [1.807, 2.05) is 24.3 Å². The quantitative estimate of drug-likeness (QED) is 0.743. The van der Waals surface area contributed by atoms with Gasteiger partial charge in [0, 0.05) is 22.1 Å². The first kappa shape index (κ1) is 15.0. The van der Waals surface area contributed by atoms with Crippen molar-refractivity contribution in [3.8, 4) is 0 Å². The van der Waals surface area contributed by atoms with Crippen LogP contribution >= 0.6 is 33.9 Å². The first-order valence-corrected chi connectivity index (χ1v) is 9.11. The van der Waals surface area contributed by atoms with E-state index >= 15 is 0 Å². The standard InChI is InChI=1S/C16H17IN2OS/c17-12-4-1-5-13(10-12)18-16(20)11-19-8-2-6-14(19)15-7-3-9-21-15/h1,3-5,7,9-10,14H,2,6,8,11H2,(H,18,20)/p+1/t14-/m0/s1. The first-order valence-electron chi connectivity index (χ1n) is 7.16. The number of quaternary nitrogens is 1. The predicted molar refractivity (Wildman–Crippen MR) is 94.8 cm³/mol. The minimum Gasteiger partial charge on any atom is -0.321 e. The van der Waals surface area contributed by atoms with Gasteiger partial charge in [-0.2, -0.15) is 0 Å². The van der Waals surface area contributed by atoms with Crippen LogP contribution in [0.1, 0.15) is 23.8 Å². The third-order valence-electron chi connectivity index (χ3n) is 3.87. The largest absolute Gasteiger partial charge is 0.321 e. The number of rotatable bonds is 4. The average Bonchev–Trinajstić information content (AvgIpc) is 3.08. The lowest BCUT2D eigenvalue weighted by Gasteiger charge is -2.20. The van der Waals surface area contributed by atoms with Crippen molar-refractivity contribution in [1.82, 2.24) is 0 Å². The van der Waals surface area contributed by atoms with Crippen LogP contribution in [0.4, 0.5) is 5.69 Å². The monoisotopic (exact) mass is 413 g/mol. The van der Waals surface area contributed by atoms with Gasteiger partial charge in [0.2, 0.25) is 0 Å². The van der Waals surface area contributed by atoms with Crippen LogP contribution in [-0.2, 0) is 4.79 Å². The Morgan fingerprint density at radius 3 is 3.05 bits per heavy atom. The van der Waals surface area contributed by atoms with E-state index in [1.165, 1.54) is 22.6 Å². The first-order chi connectivity index (χ1) is 10.2. The molecular formula is C16H18IN2OS+. The summed E-state index contributed by atoms with van der Waals surface area (Å²) < 4.78 is 1.13. The molecule has 21 heavy (non-hydrogen) atoms. The number of hydrogen-bond donors (Lipinski definition) is 2. The van der Waals surface area contributed by atoms with Gasteiger partial charge in [0.05, 0.1) is 11.4 Å². The Balaban J connectivity index is 1.62. The minimum absolute atomic E-state index is 0.107. The van der Waals surface area contributed by atoms with Gasteiger partial charge in [0.25, 0.3) is 5.91 Å². The zero-order valence-corrected chi connectivity index (χ0v) is 14.6. The number of anilines is 1. The smallest absolute Gasteiger partial charge is 0.279 e. The molecule has 1 fully saturated rings. The van der Waals surface area contributed by atoms with Crippen molar-refractivity contribution < 1.29 is 9.69 Å². The Morgan fingerprint density at radius 1 is 1.38 bits per heavy atom. The van der Waals surface area contributed by atoms with Crippen LogP contribution in [0.15, 0.2) is 41.8 Å². The van der Waals surface area contributed by atoms with Crippen molar-refractivity contribution >= 4 is 45.5 Å². The number of amides is 1. The lowest BCUT2D eigenvalue weighted by molar-refractivity contribution is -0.910. The second kappa shape index (κ2) is 6.89. The maximum absolute atomic E-state index is 12.3. The Morgan fingerprint density at radius 2 is 2.29 bits per heavy atom. The molecule has 5 heteroatoms. The van der Waals surface area contributed by atoms with Crippen LogP contribution in [0.3, 0.4) is 0 Å². The van der Waals surface area contributed by atoms with Crippen LogP contribution in [0.2, 0.25) is 0 Å². The number of hydrogen-bond acceptors (Lipinski definition) is 2. The summed E-state index contributed by atoms with van der Waals surface area (Å²) in [5.41, 5.74) is 0.887. The van der Waals surface area contributed by atoms with Gasteiger partial charge < -0.3 is 10.2 Å². The van der Waals surface area contributed by atoms with Crippen molar-refractivity contribution in [3.63, 3.8) is 0 Å². The number of likely N-dealkylation sites (tertiary alicyclic amines) is 1. The van der Waals surface area contributed by atoms with Crippen LogP contribution in [-0.4, -0.2) is 19.0 Å². The highest BCUT2D eigenvalue weighted by atomic mass is 127. The lowest BCUT2D eigenvalue weighted by Crippen LogP contribution is -3.11. The summed E-state index contributed by atoms with van der Waals surface area (Å²) in [4.78, 5) is 15.1. The van der Waals surface area contributed by atoms with Crippen molar-refractivity contribution in [3.05, 3.63) is 50.2 Å². The van der Waals surface area contributed by atoms with E-state index in [4.69, 9.17) is 0 Å². The van der Waals surface area contributed by atoms with Crippen molar-refractivity contribution in [1.29, 1.82) is 0 Å². The van der Waals surface area contributed by atoms with Gasteiger partial charge in [-0.1, -0.05) is 12.1 Å². The zero-order valence-electron chi connectivity index (χ0n) is 11.6. The van der Waals surface area contributed by atoms with Crippen LogP contribution < -0.4 is 10.2 Å². The zero-order chi connectivity index (χ0) is 14.7. The summed E-state index contributed by atoms with van der Waals surface area (Å²) in [6, 6.07) is 12.7. The van der Waals surface area contributed by atoms with Crippen LogP contribution in [0.5, 0.6) is 0 Å². The average molecular weight is 413 g/mol. The fourth-order valence-electron chi connectivity index (χ4n) is 2.93.